The quantitative estimate of drug-likeness (QED) is 0.660. The van der Waals surface area contributed by atoms with Crippen molar-refractivity contribution in [2.75, 3.05) is 17.2 Å². The second-order valence-electron chi connectivity index (χ2n) is 7.72. The van der Waals surface area contributed by atoms with Crippen LogP contribution in [-0.4, -0.2) is 39.3 Å². The highest BCUT2D eigenvalue weighted by molar-refractivity contribution is 6.06. The van der Waals surface area contributed by atoms with Gasteiger partial charge in [-0.3, -0.25) is 9.59 Å². The van der Waals surface area contributed by atoms with Crippen LogP contribution in [0.25, 0.3) is 11.4 Å². The van der Waals surface area contributed by atoms with Crippen LogP contribution in [0.2, 0.25) is 0 Å². The molecule has 1 atom stereocenters. The monoisotopic (exact) mass is 419 g/mol. The van der Waals surface area contributed by atoms with Crippen molar-refractivity contribution in [1.29, 1.82) is 0 Å². The lowest BCUT2D eigenvalue weighted by Crippen LogP contribution is -2.27. The Balaban J connectivity index is 1.54. The van der Waals surface area contributed by atoms with E-state index in [1.54, 1.807) is 18.5 Å². The highest BCUT2D eigenvalue weighted by atomic mass is 16.5. The first-order valence-electron chi connectivity index (χ1n) is 10.2. The molecule has 2 N–H and O–H groups in total. The molecular formula is C23H25N5O3. The van der Waals surface area contributed by atoms with E-state index >= 15 is 0 Å². The van der Waals surface area contributed by atoms with Crippen LogP contribution in [0, 0.1) is 13.8 Å². The molecular weight excluding hydrogens is 394 g/mol. The van der Waals surface area contributed by atoms with Gasteiger partial charge in [0.1, 0.15) is 12.4 Å². The minimum atomic E-state index is -0.428. The van der Waals surface area contributed by atoms with E-state index < -0.39 is 6.10 Å². The fourth-order valence-electron chi connectivity index (χ4n) is 3.63. The number of benzene rings is 2. The molecule has 2 aromatic carbocycles. The summed E-state index contributed by atoms with van der Waals surface area (Å²) in [4.78, 5) is 25.4. The van der Waals surface area contributed by atoms with Crippen LogP contribution in [0.3, 0.4) is 0 Å². The van der Waals surface area contributed by atoms with Crippen molar-refractivity contribution in [3.8, 4) is 11.4 Å². The van der Waals surface area contributed by atoms with Crippen molar-refractivity contribution in [2.24, 2.45) is 7.05 Å². The van der Waals surface area contributed by atoms with E-state index in [1.165, 1.54) is 0 Å². The van der Waals surface area contributed by atoms with Gasteiger partial charge in [0.05, 0.1) is 0 Å². The Morgan fingerprint density at radius 2 is 1.97 bits per heavy atom. The second kappa shape index (κ2) is 8.69. The van der Waals surface area contributed by atoms with Crippen LogP contribution in [0.1, 0.15) is 34.3 Å². The topological polar surface area (TPSA) is 98.1 Å². The van der Waals surface area contributed by atoms with Crippen LogP contribution >= 0.6 is 0 Å². The van der Waals surface area contributed by atoms with Gasteiger partial charge in [-0.1, -0.05) is 18.2 Å². The fourth-order valence-corrected chi connectivity index (χ4v) is 3.63. The molecule has 0 bridgehead atoms. The summed E-state index contributed by atoms with van der Waals surface area (Å²) in [6, 6.07) is 10.9. The third-order valence-corrected chi connectivity index (χ3v) is 5.51. The number of aromatic nitrogens is 3. The molecule has 0 saturated carbocycles. The Morgan fingerprint density at radius 3 is 2.68 bits per heavy atom. The van der Waals surface area contributed by atoms with E-state index in [-0.39, 0.29) is 11.8 Å². The summed E-state index contributed by atoms with van der Waals surface area (Å²) in [6.07, 6.45) is 2.81. The summed E-state index contributed by atoms with van der Waals surface area (Å²) in [5, 5.41) is 14.0. The Bertz CT molecular complexity index is 1130. The lowest BCUT2D eigenvalue weighted by molar-refractivity contribution is -0.124. The second-order valence-corrected chi connectivity index (χ2v) is 7.72. The molecule has 2 amide bonds. The Labute approximate surface area is 180 Å². The lowest BCUT2D eigenvalue weighted by Gasteiger charge is -2.15. The number of ether oxygens (including phenoxy) is 1. The average molecular weight is 419 g/mol. The van der Waals surface area contributed by atoms with Gasteiger partial charge in [-0.15, -0.1) is 10.2 Å². The molecule has 1 aromatic heterocycles. The van der Waals surface area contributed by atoms with E-state index in [2.05, 4.69) is 20.8 Å². The van der Waals surface area contributed by atoms with Crippen molar-refractivity contribution in [3.05, 3.63) is 59.4 Å². The number of nitrogens with zero attached hydrogens (tertiary/aromatic N) is 3. The largest absolute Gasteiger partial charge is 0.368 e. The van der Waals surface area contributed by atoms with E-state index in [4.69, 9.17) is 4.74 Å². The molecule has 3 aromatic rings. The first-order chi connectivity index (χ1) is 14.9. The molecule has 0 aliphatic carbocycles. The number of aryl methyl sites for hydroxylation is 2. The van der Waals surface area contributed by atoms with Crippen molar-refractivity contribution in [2.45, 2.75) is 32.8 Å². The predicted octanol–water partition coefficient (Wildman–Crippen LogP) is 3.47. The van der Waals surface area contributed by atoms with Gasteiger partial charge in [-0.25, -0.2) is 0 Å². The van der Waals surface area contributed by atoms with Crippen molar-refractivity contribution in [1.82, 2.24) is 14.8 Å². The Hall–Kier alpha value is -3.52. The summed E-state index contributed by atoms with van der Waals surface area (Å²) < 4.78 is 7.27. The van der Waals surface area contributed by atoms with E-state index in [9.17, 15) is 9.59 Å². The number of rotatable bonds is 5. The lowest BCUT2D eigenvalue weighted by atomic mass is 10.0. The average Bonchev–Trinajstić information content (AvgIpc) is 3.43. The number of amides is 2. The van der Waals surface area contributed by atoms with Gasteiger partial charge in [0.2, 0.25) is 0 Å². The van der Waals surface area contributed by atoms with Crippen LogP contribution in [0.4, 0.5) is 11.4 Å². The SMILES string of the molecule is Cc1ccc(C(=O)Nc2cccc(-c3nncn3C)c2C)cc1NC(=O)C1CCCO1. The molecule has 160 valence electrons. The van der Waals surface area contributed by atoms with Crippen LogP contribution in [-0.2, 0) is 16.6 Å². The molecule has 2 heterocycles. The van der Waals surface area contributed by atoms with Crippen molar-refractivity contribution < 1.29 is 14.3 Å². The Kier molecular flexibility index (Phi) is 5.81. The van der Waals surface area contributed by atoms with Gasteiger partial charge in [0, 0.05) is 36.2 Å². The number of hydrogen-bond acceptors (Lipinski definition) is 5. The summed E-state index contributed by atoms with van der Waals surface area (Å²) >= 11 is 0. The molecule has 31 heavy (non-hydrogen) atoms. The molecule has 0 spiro atoms. The van der Waals surface area contributed by atoms with Gasteiger partial charge < -0.3 is 19.9 Å². The van der Waals surface area contributed by atoms with Crippen LogP contribution in [0.15, 0.2) is 42.7 Å². The fraction of sp³-hybridized carbons (Fsp3) is 0.304. The molecule has 1 aliphatic rings. The normalized spacial score (nSPS) is 15.6. The molecule has 0 radical (unpaired) electrons. The van der Waals surface area contributed by atoms with E-state index in [0.29, 0.717) is 30.0 Å². The smallest absolute Gasteiger partial charge is 0.255 e. The van der Waals surface area contributed by atoms with E-state index in [1.807, 2.05) is 49.7 Å². The summed E-state index contributed by atoms with van der Waals surface area (Å²) in [5.41, 5.74) is 4.42. The number of carbonyl (C=O) groups is 2. The molecule has 1 saturated heterocycles. The first-order valence-corrected chi connectivity index (χ1v) is 10.2. The highest BCUT2D eigenvalue weighted by Crippen LogP contribution is 2.27. The third kappa shape index (κ3) is 4.34. The zero-order valence-corrected chi connectivity index (χ0v) is 17.8. The minimum absolute atomic E-state index is 0.176. The van der Waals surface area contributed by atoms with Crippen LogP contribution < -0.4 is 10.6 Å². The highest BCUT2D eigenvalue weighted by Gasteiger charge is 2.24. The maximum Gasteiger partial charge on any atom is 0.255 e. The molecule has 4 rings (SSSR count). The summed E-state index contributed by atoms with van der Waals surface area (Å²) in [6.45, 7) is 4.43. The van der Waals surface area contributed by atoms with Crippen molar-refractivity contribution in [3.63, 3.8) is 0 Å². The van der Waals surface area contributed by atoms with Gasteiger partial charge >= 0.3 is 0 Å². The summed E-state index contributed by atoms with van der Waals surface area (Å²) in [7, 11) is 1.87. The van der Waals surface area contributed by atoms with Gasteiger partial charge in [-0.05, 0) is 56.0 Å². The van der Waals surface area contributed by atoms with Gasteiger partial charge in [0.15, 0.2) is 5.82 Å². The maximum absolute atomic E-state index is 13.0. The molecule has 8 heteroatoms. The zero-order chi connectivity index (χ0) is 22.0. The number of carbonyl (C=O) groups excluding carboxylic acids is 2. The standard InChI is InChI=1S/C23H25N5O3/c1-14-9-10-16(12-19(14)26-23(30)20-8-5-11-31-20)22(29)25-18-7-4-6-17(15(18)2)21-27-24-13-28(21)3/h4,6-7,9-10,12-13,20H,5,8,11H2,1-3H3,(H,25,29)(H,26,30). The zero-order valence-electron chi connectivity index (χ0n) is 17.8. The number of nitrogens with one attached hydrogen (secondary N) is 2. The van der Waals surface area contributed by atoms with Crippen molar-refractivity contribution >= 4 is 23.2 Å². The molecule has 1 aliphatic heterocycles. The molecule has 8 nitrogen and oxygen atoms in total. The third-order valence-electron chi connectivity index (χ3n) is 5.51. The number of hydrogen-bond donors (Lipinski definition) is 2. The Morgan fingerprint density at radius 1 is 1.13 bits per heavy atom. The van der Waals surface area contributed by atoms with Gasteiger partial charge in [0.25, 0.3) is 11.8 Å². The van der Waals surface area contributed by atoms with Crippen LogP contribution in [0.5, 0.6) is 0 Å². The number of anilines is 2. The summed E-state index contributed by atoms with van der Waals surface area (Å²) in [5.74, 6) is 0.291. The maximum atomic E-state index is 13.0. The minimum Gasteiger partial charge on any atom is -0.368 e. The predicted molar refractivity (Wildman–Crippen MR) is 118 cm³/mol. The molecule has 1 fully saturated rings. The van der Waals surface area contributed by atoms with E-state index in [0.717, 1.165) is 28.9 Å². The molecule has 1 unspecified atom stereocenters. The van der Waals surface area contributed by atoms with Gasteiger partial charge in [-0.2, -0.15) is 0 Å². The first kappa shape index (κ1) is 20.7.